The molecule has 1 heterocycles. The third-order valence-corrected chi connectivity index (χ3v) is 3.21. The van der Waals surface area contributed by atoms with Crippen molar-refractivity contribution < 1.29 is 9.47 Å². The number of rotatable bonds is 6. The average molecular weight is 272 g/mol. The van der Waals surface area contributed by atoms with Crippen molar-refractivity contribution in [3.8, 4) is 11.5 Å². The summed E-state index contributed by atoms with van der Waals surface area (Å²) < 4.78 is 10.6. The molecule has 0 bridgehead atoms. The molecule has 106 valence electrons. The van der Waals surface area contributed by atoms with Crippen LogP contribution in [0.2, 0.25) is 0 Å². The van der Waals surface area contributed by atoms with Gasteiger partial charge < -0.3 is 14.8 Å². The van der Waals surface area contributed by atoms with Crippen LogP contribution in [0.5, 0.6) is 11.5 Å². The van der Waals surface area contributed by atoms with Crippen LogP contribution < -0.4 is 14.8 Å². The third-order valence-electron chi connectivity index (χ3n) is 3.21. The Hall–Kier alpha value is -2.07. The van der Waals surface area contributed by atoms with Crippen LogP contribution in [0, 0.1) is 6.92 Å². The first-order valence-electron chi connectivity index (χ1n) is 6.56. The van der Waals surface area contributed by atoms with Gasteiger partial charge in [-0.05, 0) is 36.8 Å². The molecular weight excluding hydrogens is 252 g/mol. The first kappa shape index (κ1) is 14.3. The summed E-state index contributed by atoms with van der Waals surface area (Å²) in [7, 11) is 3.34. The monoisotopic (exact) mass is 272 g/mol. The molecule has 2 aromatic rings. The van der Waals surface area contributed by atoms with E-state index in [9.17, 15) is 0 Å². The highest BCUT2D eigenvalue weighted by molar-refractivity contribution is 5.40. The fourth-order valence-electron chi connectivity index (χ4n) is 2.04. The van der Waals surface area contributed by atoms with E-state index in [0.717, 1.165) is 29.3 Å². The number of nitrogens with one attached hydrogen (secondary N) is 1. The van der Waals surface area contributed by atoms with E-state index < -0.39 is 0 Å². The molecular formula is C16H20N2O2. The van der Waals surface area contributed by atoms with Gasteiger partial charge >= 0.3 is 0 Å². The summed E-state index contributed by atoms with van der Waals surface area (Å²) in [5, 5.41) is 3.39. The number of aryl methyl sites for hydroxylation is 1. The van der Waals surface area contributed by atoms with E-state index in [4.69, 9.17) is 9.47 Å². The van der Waals surface area contributed by atoms with Crippen LogP contribution in [-0.2, 0) is 13.1 Å². The Kier molecular flexibility index (Phi) is 4.96. The highest BCUT2D eigenvalue weighted by atomic mass is 16.5. The number of hydrogen-bond acceptors (Lipinski definition) is 4. The zero-order valence-corrected chi connectivity index (χ0v) is 12.1. The lowest BCUT2D eigenvalue weighted by Crippen LogP contribution is -2.15. The fraction of sp³-hybridized carbons (Fsp3) is 0.312. The largest absolute Gasteiger partial charge is 0.497 e. The molecule has 0 amide bonds. The molecule has 0 aliphatic carbocycles. The van der Waals surface area contributed by atoms with Gasteiger partial charge in [0, 0.05) is 24.8 Å². The SMILES string of the molecule is COc1ccc(OC)c(CNCc2ncccc2C)c1. The second kappa shape index (κ2) is 6.91. The minimum atomic E-state index is 0.705. The Morgan fingerprint density at radius 1 is 1.10 bits per heavy atom. The number of aromatic nitrogens is 1. The van der Waals surface area contributed by atoms with Crippen molar-refractivity contribution >= 4 is 0 Å². The average Bonchev–Trinajstić information content (AvgIpc) is 2.49. The van der Waals surface area contributed by atoms with Crippen LogP contribution in [0.4, 0.5) is 0 Å². The predicted octanol–water partition coefficient (Wildman–Crippen LogP) is 2.70. The van der Waals surface area contributed by atoms with Gasteiger partial charge in [-0.2, -0.15) is 0 Å². The Balaban J connectivity index is 2.02. The van der Waals surface area contributed by atoms with Crippen LogP contribution in [0.25, 0.3) is 0 Å². The zero-order chi connectivity index (χ0) is 14.4. The Morgan fingerprint density at radius 3 is 2.65 bits per heavy atom. The molecule has 0 unspecified atom stereocenters. The van der Waals surface area contributed by atoms with Crippen LogP contribution in [0.1, 0.15) is 16.8 Å². The summed E-state index contributed by atoms with van der Waals surface area (Å²) in [5.41, 5.74) is 3.33. The minimum absolute atomic E-state index is 0.705. The van der Waals surface area contributed by atoms with Crippen LogP contribution in [0.15, 0.2) is 36.5 Å². The lowest BCUT2D eigenvalue weighted by Gasteiger charge is -2.12. The van der Waals surface area contributed by atoms with E-state index >= 15 is 0 Å². The lowest BCUT2D eigenvalue weighted by atomic mass is 10.1. The van der Waals surface area contributed by atoms with Gasteiger partial charge in [0.2, 0.25) is 0 Å². The maximum atomic E-state index is 5.36. The number of pyridine rings is 1. The third kappa shape index (κ3) is 3.48. The first-order chi connectivity index (χ1) is 9.74. The molecule has 0 atom stereocenters. The minimum Gasteiger partial charge on any atom is -0.497 e. The molecule has 20 heavy (non-hydrogen) atoms. The van der Waals surface area contributed by atoms with Crippen LogP contribution in [-0.4, -0.2) is 19.2 Å². The van der Waals surface area contributed by atoms with Gasteiger partial charge in [0.05, 0.1) is 19.9 Å². The molecule has 4 nitrogen and oxygen atoms in total. The fourth-order valence-corrected chi connectivity index (χ4v) is 2.04. The summed E-state index contributed by atoms with van der Waals surface area (Å²) in [5.74, 6) is 1.69. The van der Waals surface area contributed by atoms with Gasteiger partial charge in [-0.15, -0.1) is 0 Å². The molecule has 0 saturated carbocycles. The summed E-state index contributed by atoms with van der Waals surface area (Å²) in [6, 6.07) is 9.81. The van der Waals surface area contributed by atoms with Crippen molar-refractivity contribution in [2.45, 2.75) is 20.0 Å². The maximum absolute atomic E-state index is 5.36. The van der Waals surface area contributed by atoms with Crippen molar-refractivity contribution in [3.05, 3.63) is 53.3 Å². The number of hydrogen-bond donors (Lipinski definition) is 1. The summed E-state index contributed by atoms with van der Waals surface area (Å²) >= 11 is 0. The molecule has 0 aliphatic heterocycles. The van der Waals surface area contributed by atoms with Crippen molar-refractivity contribution in [1.29, 1.82) is 0 Å². The molecule has 1 aromatic heterocycles. The molecule has 2 rings (SSSR count). The number of methoxy groups -OCH3 is 2. The molecule has 0 saturated heterocycles. The summed E-state index contributed by atoms with van der Waals surface area (Å²) in [6.07, 6.45) is 1.82. The summed E-state index contributed by atoms with van der Waals surface area (Å²) in [4.78, 5) is 4.37. The van der Waals surface area contributed by atoms with E-state index in [-0.39, 0.29) is 0 Å². The first-order valence-corrected chi connectivity index (χ1v) is 6.56. The highest BCUT2D eigenvalue weighted by Gasteiger charge is 2.05. The molecule has 0 radical (unpaired) electrons. The maximum Gasteiger partial charge on any atom is 0.123 e. The van der Waals surface area contributed by atoms with Crippen molar-refractivity contribution in [1.82, 2.24) is 10.3 Å². The second-order valence-corrected chi connectivity index (χ2v) is 4.55. The normalized spacial score (nSPS) is 10.3. The van der Waals surface area contributed by atoms with Gasteiger partial charge in [0.1, 0.15) is 11.5 Å². The molecule has 0 spiro atoms. The van der Waals surface area contributed by atoms with E-state index in [0.29, 0.717) is 6.54 Å². The topological polar surface area (TPSA) is 43.4 Å². The van der Waals surface area contributed by atoms with E-state index in [1.165, 1.54) is 5.56 Å². The van der Waals surface area contributed by atoms with E-state index in [1.54, 1.807) is 14.2 Å². The Bertz CT molecular complexity index is 570. The molecule has 1 aromatic carbocycles. The molecule has 4 heteroatoms. The van der Waals surface area contributed by atoms with Gasteiger partial charge in [0.25, 0.3) is 0 Å². The van der Waals surface area contributed by atoms with Crippen molar-refractivity contribution in [3.63, 3.8) is 0 Å². The van der Waals surface area contributed by atoms with E-state index in [1.807, 2.05) is 30.5 Å². The summed E-state index contributed by atoms with van der Waals surface area (Å²) in [6.45, 7) is 3.50. The van der Waals surface area contributed by atoms with Crippen LogP contribution in [0.3, 0.4) is 0 Å². The Labute approximate surface area is 119 Å². The Morgan fingerprint density at radius 2 is 1.95 bits per heavy atom. The number of ether oxygens (including phenoxy) is 2. The quantitative estimate of drug-likeness (QED) is 0.878. The van der Waals surface area contributed by atoms with E-state index in [2.05, 4.69) is 23.3 Å². The van der Waals surface area contributed by atoms with Crippen LogP contribution >= 0.6 is 0 Å². The van der Waals surface area contributed by atoms with Crippen molar-refractivity contribution in [2.24, 2.45) is 0 Å². The zero-order valence-electron chi connectivity index (χ0n) is 12.1. The standard InChI is InChI=1S/C16H20N2O2/c1-12-5-4-8-18-15(12)11-17-10-13-9-14(19-2)6-7-16(13)20-3/h4-9,17H,10-11H2,1-3H3. The van der Waals surface area contributed by atoms with Crippen molar-refractivity contribution in [2.75, 3.05) is 14.2 Å². The molecule has 0 fully saturated rings. The van der Waals surface area contributed by atoms with Gasteiger partial charge in [-0.25, -0.2) is 0 Å². The van der Waals surface area contributed by atoms with Gasteiger partial charge in [-0.3, -0.25) is 4.98 Å². The van der Waals surface area contributed by atoms with Gasteiger partial charge in [0.15, 0.2) is 0 Å². The second-order valence-electron chi connectivity index (χ2n) is 4.55. The smallest absolute Gasteiger partial charge is 0.123 e. The molecule has 1 N–H and O–H groups in total. The molecule has 0 aliphatic rings. The number of benzene rings is 1. The predicted molar refractivity (Wildman–Crippen MR) is 79.1 cm³/mol. The number of nitrogens with zero attached hydrogens (tertiary/aromatic N) is 1. The highest BCUT2D eigenvalue weighted by Crippen LogP contribution is 2.23. The lowest BCUT2D eigenvalue weighted by molar-refractivity contribution is 0.397. The van der Waals surface area contributed by atoms with Gasteiger partial charge in [-0.1, -0.05) is 6.07 Å².